The van der Waals surface area contributed by atoms with Crippen LogP contribution in [0.15, 0.2) is 46.9 Å². The van der Waals surface area contributed by atoms with Crippen molar-refractivity contribution in [1.82, 2.24) is 0 Å². The summed E-state index contributed by atoms with van der Waals surface area (Å²) in [5, 5.41) is 18.0. The first-order valence-corrected chi connectivity index (χ1v) is 6.74. The van der Waals surface area contributed by atoms with E-state index in [1.807, 2.05) is 6.07 Å². The first-order valence-electron chi connectivity index (χ1n) is 5.94. The average Bonchev–Trinajstić information content (AvgIpc) is 2.46. The van der Waals surface area contributed by atoms with Crippen LogP contribution < -0.4 is 4.74 Å². The fourth-order valence-electron chi connectivity index (χ4n) is 1.71. The molecule has 2 N–H and O–H groups in total. The predicted molar refractivity (Wildman–Crippen MR) is 77.8 cm³/mol. The Morgan fingerprint density at radius 3 is 2.60 bits per heavy atom. The highest BCUT2D eigenvalue weighted by atomic mass is 79.9. The summed E-state index contributed by atoms with van der Waals surface area (Å²) in [5.41, 5.74) is 1.81. The first kappa shape index (κ1) is 14.6. The highest BCUT2D eigenvalue weighted by Gasteiger charge is 2.06. The van der Waals surface area contributed by atoms with Gasteiger partial charge in [0.25, 0.3) is 0 Å². The molecule has 2 aromatic carbocycles. The summed E-state index contributed by atoms with van der Waals surface area (Å²) in [5.74, 6) is -0.316. The average molecular weight is 337 g/mol. The Labute approximate surface area is 124 Å². The molecule has 2 aromatic rings. The number of carboxylic acid groups (broad SMARTS) is 1. The number of carboxylic acids is 1. The normalized spacial score (nSPS) is 10.3. The van der Waals surface area contributed by atoms with Crippen LogP contribution in [-0.2, 0) is 13.2 Å². The largest absolute Gasteiger partial charge is 0.488 e. The Hall–Kier alpha value is -1.85. The number of hydrogen-bond donors (Lipinski definition) is 2. The molecular weight excluding hydrogens is 324 g/mol. The number of benzene rings is 2. The van der Waals surface area contributed by atoms with Gasteiger partial charge in [-0.25, -0.2) is 4.79 Å². The molecule has 0 aliphatic carbocycles. The molecule has 0 aliphatic rings. The molecular formula is C15H13BrO4. The molecule has 0 aromatic heterocycles. The van der Waals surface area contributed by atoms with Gasteiger partial charge in [-0.2, -0.15) is 0 Å². The molecule has 0 heterocycles. The van der Waals surface area contributed by atoms with Gasteiger partial charge < -0.3 is 14.9 Å². The van der Waals surface area contributed by atoms with Crippen molar-refractivity contribution in [2.45, 2.75) is 13.2 Å². The highest BCUT2D eigenvalue weighted by molar-refractivity contribution is 9.10. The maximum Gasteiger partial charge on any atom is 0.335 e. The number of aliphatic hydroxyl groups is 1. The standard InChI is InChI=1S/C15H13BrO4/c16-13-7-10(8-17)4-5-14(13)20-9-11-2-1-3-12(6-11)15(18)19/h1-7,17H,8-9H2,(H,18,19). The van der Waals surface area contributed by atoms with Crippen LogP contribution in [0.2, 0.25) is 0 Å². The summed E-state index contributed by atoms with van der Waals surface area (Å²) < 4.78 is 6.38. The molecule has 20 heavy (non-hydrogen) atoms. The lowest BCUT2D eigenvalue weighted by atomic mass is 10.1. The minimum atomic E-state index is -0.958. The number of rotatable bonds is 5. The van der Waals surface area contributed by atoms with Gasteiger partial charge in [0.2, 0.25) is 0 Å². The van der Waals surface area contributed by atoms with Crippen molar-refractivity contribution < 1.29 is 19.7 Å². The predicted octanol–water partition coefficient (Wildman–Crippen LogP) is 3.22. The van der Waals surface area contributed by atoms with Gasteiger partial charge in [0.05, 0.1) is 16.6 Å². The third-order valence-corrected chi connectivity index (χ3v) is 3.37. The van der Waals surface area contributed by atoms with E-state index in [0.717, 1.165) is 15.6 Å². The third kappa shape index (κ3) is 3.59. The molecule has 0 fully saturated rings. The monoisotopic (exact) mass is 336 g/mol. The van der Waals surface area contributed by atoms with E-state index in [4.69, 9.17) is 14.9 Å². The van der Waals surface area contributed by atoms with Gasteiger partial charge in [-0.15, -0.1) is 0 Å². The van der Waals surface area contributed by atoms with Crippen molar-refractivity contribution in [2.75, 3.05) is 0 Å². The number of aliphatic hydroxyl groups excluding tert-OH is 1. The van der Waals surface area contributed by atoms with Gasteiger partial charge in [0, 0.05) is 0 Å². The van der Waals surface area contributed by atoms with Gasteiger partial charge in [0.1, 0.15) is 12.4 Å². The van der Waals surface area contributed by atoms with Crippen molar-refractivity contribution in [3.63, 3.8) is 0 Å². The minimum absolute atomic E-state index is 0.0282. The van der Waals surface area contributed by atoms with Crippen LogP contribution in [0.4, 0.5) is 0 Å². The molecule has 5 heteroatoms. The van der Waals surface area contributed by atoms with Crippen LogP contribution in [0, 0.1) is 0 Å². The molecule has 0 atom stereocenters. The number of hydrogen-bond acceptors (Lipinski definition) is 3. The maximum atomic E-state index is 10.9. The Kier molecular flexibility index (Phi) is 4.76. The molecule has 0 bridgehead atoms. The van der Waals surface area contributed by atoms with Gasteiger partial charge in [0.15, 0.2) is 0 Å². The van der Waals surface area contributed by atoms with E-state index in [-0.39, 0.29) is 18.8 Å². The molecule has 0 radical (unpaired) electrons. The zero-order chi connectivity index (χ0) is 14.5. The van der Waals surface area contributed by atoms with Crippen molar-refractivity contribution >= 4 is 21.9 Å². The van der Waals surface area contributed by atoms with E-state index in [1.54, 1.807) is 30.3 Å². The summed E-state index contributed by atoms with van der Waals surface area (Å²) in [4.78, 5) is 10.9. The zero-order valence-electron chi connectivity index (χ0n) is 10.5. The number of halogens is 1. The summed E-state index contributed by atoms with van der Waals surface area (Å²) in [7, 11) is 0. The van der Waals surface area contributed by atoms with Crippen LogP contribution in [0.3, 0.4) is 0 Å². The SMILES string of the molecule is O=C(O)c1cccc(COc2ccc(CO)cc2Br)c1. The highest BCUT2D eigenvalue weighted by Crippen LogP contribution is 2.26. The summed E-state index contributed by atoms with van der Waals surface area (Å²) in [6.45, 7) is 0.248. The lowest BCUT2D eigenvalue weighted by Gasteiger charge is -2.09. The molecule has 104 valence electrons. The second-order valence-corrected chi connectivity index (χ2v) is 5.07. The van der Waals surface area contributed by atoms with Crippen LogP contribution in [0.1, 0.15) is 21.5 Å². The smallest absolute Gasteiger partial charge is 0.335 e. The van der Waals surface area contributed by atoms with Crippen molar-refractivity contribution in [3.8, 4) is 5.75 Å². The molecule has 0 spiro atoms. The fourth-order valence-corrected chi connectivity index (χ4v) is 2.26. The number of aromatic carboxylic acids is 1. The number of ether oxygens (including phenoxy) is 1. The second-order valence-electron chi connectivity index (χ2n) is 4.22. The molecule has 4 nitrogen and oxygen atoms in total. The van der Waals surface area contributed by atoms with Crippen LogP contribution in [-0.4, -0.2) is 16.2 Å². The Morgan fingerprint density at radius 2 is 1.95 bits per heavy atom. The van der Waals surface area contributed by atoms with E-state index in [1.165, 1.54) is 6.07 Å². The molecule has 0 unspecified atom stereocenters. The molecule has 0 saturated heterocycles. The Bertz CT molecular complexity index is 625. The molecule has 2 rings (SSSR count). The van der Waals surface area contributed by atoms with Crippen LogP contribution in [0.25, 0.3) is 0 Å². The Morgan fingerprint density at radius 1 is 1.15 bits per heavy atom. The van der Waals surface area contributed by atoms with Crippen molar-refractivity contribution in [1.29, 1.82) is 0 Å². The molecule has 0 amide bonds. The van der Waals surface area contributed by atoms with E-state index >= 15 is 0 Å². The van der Waals surface area contributed by atoms with Crippen molar-refractivity contribution in [2.24, 2.45) is 0 Å². The quantitative estimate of drug-likeness (QED) is 0.879. The van der Waals surface area contributed by atoms with E-state index in [9.17, 15) is 4.79 Å². The zero-order valence-corrected chi connectivity index (χ0v) is 12.1. The minimum Gasteiger partial charge on any atom is -0.488 e. The summed E-state index contributed by atoms with van der Waals surface area (Å²) >= 11 is 3.37. The second kappa shape index (κ2) is 6.54. The first-order chi connectivity index (χ1) is 9.60. The third-order valence-electron chi connectivity index (χ3n) is 2.75. The van der Waals surface area contributed by atoms with Crippen LogP contribution >= 0.6 is 15.9 Å². The Balaban J connectivity index is 2.09. The summed E-state index contributed by atoms with van der Waals surface area (Å²) in [6, 6.07) is 11.9. The van der Waals surface area contributed by atoms with Crippen LogP contribution in [0.5, 0.6) is 5.75 Å². The van der Waals surface area contributed by atoms with Crippen molar-refractivity contribution in [3.05, 3.63) is 63.6 Å². The van der Waals surface area contributed by atoms with E-state index in [0.29, 0.717) is 5.75 Å². The molecule has 0 aliphatic heterocycles. The van der Waals surface area contributed by atoms with Gasteiger partial charge >= 0.3 is 5.97 Å². The van der Waals surface area contributed by atoms with Gasteiger partial charge in [-0.1, -0.05) is 18.2 Å². The lowest BCUT2D eigenvalue weighted by molar-refractivity contribution is 0.0696. The molecule has 0 saturated carbocycles. The fraction of sp³-hybridized carbons (Fsp3) is 0.133. The van der Waals surface area contributed by atoms with Gasteiger partial charge in [-0.3, -0.25) is 0 Å². The number of carbonyl (C=O) groups is 1. The van der Waals surface area contributed by atoms with E-state index < -0.39 is 5.97 Å². The van der Waals surface area contributed by atoms with Gasteiger partial charge in [-0.05, 0) is 51.3 Å². The van der Waals surface area contributed by atoms with E-state index in [2.05, 4.69) is 15.9 Å². The summed E-state index contributed by atoms with van der Waals surface area (Å²) in [6.07, 6.45) is 0. The lowest BCUT2D eigenvalue weighted by Crippen LogP contribution is -2.00. The topological polar surface area (TPSA) is 66.8 Å². The maximum absolute atomic E-state index is 10.9.